The first kappa shape index (κ1) is 12.5. The lowest BCUT2D eigenvalue weighted by molar-refractivity contribution is 0.580. The molecule has 4 heteroatoms. The van der Waals surface area contributed by atoms with E-state index >= 15 is 0 Å². The Hall–Kier alpha value is 0.430. The summed E-state index contributed by atoms with van der Waals surface area (Å²) in [7, 11) is -2.82. The summed E-state index contributed by atoms with van der Waals surface area (Å²) < 4.78 is 23.0. The van der Waals surface area contributed by atoms with Gasteiger partial charge in [-0.05, 0) is 45.4 Å². The fourth-order valence-corrected chi connectivity index (χ4v) is 3.30. The molecule has 0 amide bonds. The Labute approximate surface area is 95.5 Å². The first-order chi connectivity index (χ1) is 6.43. The van der Waals surface area contributed by atoms with Gasteiger partial charge in [-0.1, -0.05) is 15.9 Å². The molecule has 14 heavy (non-hydrogen) atoms. The Bertz CT molecular complexity index is 268. The summed E-state index contributed by atoms with van der Waals surface area (Å²) in [5, 5.41) is -0.225. The maximum atomic E-state index is 11.5. The van der Waals surface area contributed by atoms with Crippen molar-refractivity contribution in [2.45, 2.75) is 49.6 Å². The van der Waals surface area contributed by atoms with E-state index in [1.807, 2.05) is 0 Å². The monoisotopic (exact) mass is 282 g/mol. The Morgan fingerprint density at radius 3 is 2.36 bits per heavy atom. The van der Waals surface area contributed by atoms with Crippen LogP contribution in [-0.2, 0) is 9.84 Å². The van der Waals surface area contributed by atoms with Crippen molar-refractivity contribution < 1.29 is 8.42 Å². The Kier molecular flexibility index (Phi) is 4.44. The van der Waals surface area contributed by atoms with Crippen molar-refractivity contribution >= 4 is 25.8 Å². The first-order valence-electron chi connectivity index (χ1n) is 5.29. The van der Waals surface area contributed by atoms with Gasteiger partial charge < -0.3 is 0 Å². The average molecular weight is 283 g/mol. The number of sulfone groups is 1. The minimum Gasteiger partial charge on any atom is -0.229 e. The highest BCUT2D eigenvalue weighted by Gasteiger charge is 2.29. The average Bonchev–Trinajstić information content (AvgIpc) is 2.85. The molecule has 0 spiro atoms. The van der Waals surface area contributed by atoms with Crippen molar-refractivity contribution in [1.82, 2.24) is 0 Å². The summed E-state index contributed by atoms with van der Waals surface area (Å²) in [5.74, 6) is 1.16. The van der Waals surface area contributed by atoms with Crippen LogP contribution >= 0.6 is 15.9 Å². The molecule has 1 rings (SSSR count). The fraction of sp³-hybridized carbons (Fsp3) is 1.00. The minimum absolute atomic E-state index is 0.225. The summed E-state index contributed by atoms with van der Waals surface area (Å²) in [5.41, 5.74) is 0. The summed E-state index contributed by atoms with van der Waals surface area (Å²) in [6, 6.07) is 0. The Morgan fingerprint density at radius 2 is 1.93 bits per heavy atom. The van der Waals surface area contributed by atoms with Gasteiger partial charge in [0, 0.05) is 4.83 Å². The molecule has 1 atom stereocenters. The zero-order chi connectivity index (χ0) is 10.8. The zero-order valence-corrected chi connectivity index (χ0v) is 11.3. The van der Waals surface area contributed by atoms with E-state index in [4.69, 9.17) is 0 Å². The molecule has 1 unspecified atom stereocenters. The van der Waals surface area contributed by atoms with E-state index in [0.717, 1.165) is 18.8 Å². The largest absolute Gasteiger partial charge is 0.229 e. The number of hydrogen-bond donors (Lipinski definition) is 0. The van der Waals surface area contributed by atoms with Crippen LogP contribution in [0, 0.1) is 5.92 Å². The summed E-state index contributed by atoms with van der Waals surface area (Å²) in [4.78, 5) is 0.546. The number of rotatable bonds is 6. The lowest BCUT2D eigenvalue weighted by Gasteiger charge is -2.10. The van der Waals surface area contributed by atoms with Gasteiger partial charge in [0.15, 0.2) is 9.84 Å². The molecule has 0 N–H and O–H groups in total. The minimum atomic E-state index is -2.82. The molecule has 1 saturated carbocycles. The Balaban J connectivity index is 2.20. The van der Waals surface area contributed by atoms with Crippen LogP contribution < -0.4 is 0 Å². The zero-order valence-electron chi connectivity index (χ0n) is 8.87. The van der Waals surface area contributed by atoms with E-state index in [0.29, 0.717) is 10.6 Å². The number of halogens is 1. The van der Waals surface area contributed by atoms with Gasteiger partial charge in [-0.3, -0.25) is 0 Å². The van der Waals surface area contributed by atoms with Crippen molar-refractivity contribution in [1.29, 1.82) is 0 Å². The van der Waals surface area contributed by atoms with E-state index in [1.165, 1.54) is 12.8 Å². The summed E-state index contributed by atoms with van der Waals surface area (Å²) in [6.45, 7) is 3.50. The molecule has 0 aromatic heterocycles. The fourth-order valence-electron chi connectivity index (χ4n) is 1.41. The van der Waals surface area contributed by atoms with Gasteiger partial charge in [0.05, 0.1) is 11.0 Å². The molecule has 1 fully saturated rings. The highest BCUT2D eigenvalue weighted by molar-refractivity contribution is 9.09. The second kappa shape index (κ2) is 4.97. The van der Waals surface area contributed by atoms with Crippen molar-refractivity contribution in [3.8, 4) is 0 Å². The smallest absolute Gasteiger partial charge is 0.152 e. The van der Waals surface area contributed by atoms with Gasteiger partial charge in [0.2, 0.25) is 0 Å². The highest BCUT2D eigenvalue weighted by atomic mass is 79.9. The third-order valence-electron chi connectivity index (χ3n) is 2.76. The van der Waals surface area contributed by atoms with Crippen LogP contribution in [0.1, 0.15) is 39.5 Å². The predicted molar refractivity (Wildman–Crippen MR) is 63.6 cm³/mol. The number of hydrogen-bond acceptors (Lipinski definition) is 2. The van der Waals surface area contributed by atoms with E-state index in [2.05, 4.69) is 15.9 Å². The van der Waals surface area contributed by atoms with E-state index < -0.39 is 9.84 Å². The molecule has 0 radical (unpaired) electrons. The quantitative estimate of drug-likeness (QED) is 0.702. The van der Waals surface area contributed by atoms with Crippen LogP contribution in [0.25, 0.3) is 0 Å². The Morgan fingerprint density at radius 1 is 1.36 bits per heavy atom. The molecule has 0 aromatic rings. The van der Waals surface area contributed by atoms with Gasteiger partial charge in [-0.25, -0.2) is 8.42 Å². The third-order valence-corrected chi connectivity index (χ3v) is 6.26. The summed E-state index contributed by atoms with van der Waals surface area (Å²) >= 11 is 3.61. The lowest BCUT2D eigenvalue weighted by Crippen LogP contribution is -2.18. The second-order valence-corrected chi connectivity index (χ2v) is 8.26. The normalized spacial score (nSPS) is 20.0. The van der Waals surface area contributed by atoms with Crippen LogP contribution in [-0.4, -0.2) is 24.2 Å². The topological polar surface area (TPSA) is 34.1 Å². The van der Waals surface area contributed by atoms with E-state index in [1.54, 1.807) is 13.8 Å². The molecule has 1 aliphatic rings. The molecule has 2 nitrogen and oxygen atoms in total. The molecular formula is C10H19BrO2S. The van der Waals surface area contributed by atoms with Crippen molar-refractivity contribution in [2.24, 2.45) is 5.92 Å². The lowest BCUT2D eigenvalue weighted by atomic mass is 10.2. The predicted octanol–water partition coefficient (Wildman–Crippen LogP) is 2.76. The van der Waals surface area contributed by atoms with Crippen molar-refractivity contribution in [3.05, 3.63) is 0 Å². The van der Waals surface area contributed by atoms with Crippen LogP contribution in [0.15, 0.2) is 0 Å². The molecule has 0 heterocycles. The van der Waals surface area contributed by atoms with Gasteiger partial charge >= 0.3 is 0 Å². The second-order valence-electron chi connectivity index (χ2n) is 4.41. The first-order valence-corrected chi connectivity index (χ1v) is 7.92. The third kappa shape index (κ3) is 3.89. The standard InChI is InChI=1S/C10H19BrO2S/c1-8(2)14(12,13)7-3-4-10(11)9-5-6-9/h8-10H,3-7H2,1-2H3. The van der Waals surface area contributed by atoms with Crippen LogP contribution in [0.2, 0.25) is 0 Å². The molecule has 1 aliphatic carbocycles. The molecule has 0 bridgehead atoms. The van der Waals surface area contributed by atoms with Gasteiger partial charge in [-0.2, -0.15) is 0 Å². The molecule has 0 aliphatic heterocycles. The maximum Gasteiger partial charge on any atom is 0.152 e. The van der Waals surface area contributed by atoms with Gasteiger partial charge in [0.1, 0.15) is 0 Å². The van der Waals surface area contributed by atoms with Crippen LogP contribution in [0.5, 0.6) is 0 Å². The van der Waals surface area contributed by atoms with E-state index in [9.17, 15) is 8.42 Å². The summed E-state index contributed by atoms with van der Waals surface area (Å²) in [6.07, 6.45) is 4.42. The highest BCUT2D eigenvalue weighted by Crippen LogP contribution is 2.38. The molecule has 0 aromatic carbocycles. The van der Waals surface area contributed by atoms with Gasteiger partial charge in [0.25, 0.3) is 0 Å². The van der Waals surface area contributed by atoms with Crippen molar-refractivity contribution in [2.75, 3.05) is 5.75 Å². The number of alkyl halides is 1. The van der Waals surface area contributed by atoms with Crippen LogP contribution in [0.4, 0.5) is 0 Å². The molecular weight excluding hydrogens is 264 g/mol. The maximum absolute atomic E-state index is 11.5. The SMILES string of the molecule is CC(C)S(=O)(=O)CCCC(Br)C1CC1. The molecule has 0 saturated heterocycles. The van der Waals surface area contributed by atoms with E-state index in [-0.39, 0.29) is 5.25 Å². The molecule has 84 valence electrons. The van der Waals surface area contributed by atoms with Gasteiger partial charge in [-0.15, -0.1) is 0 Å². The van der Waals surface area contributed by atoms with Crippen LogP contribution in [0.3, 0.4) is 0 Å². The van der Waals surface area contributed by atoms with Crippen molar-refractivity contribution in [3.63, 3.8) is 0 Å².